The maximum Gasteiger partial charge on any atom is 0.276 e. The summed E-state index contributed by atoms with van der Waals surface area (Å²) in [7, 11) is 1.68. The van der Waals surface area contributed by atoms with Gasteiger partial charge in [-0.25, -0.2) is 0 Å². The molecule has 0 aliphatic heterocycles. The van der Waals surface area contributed by atoms with E-state index in [1.165, 1.54) is 4.68 Å². The zero-order valence-corrected chi connectivity index (χ0v) is 14.0. The molecule has 0 bridgehead atoms. The molecule has 1 aromatic heterocycles. The van der Waals surface area contributed by atoms with E-state index >= 15 is 0 Å². The van der Waals surface area contributed by atoms with E-state index in [2.05, 4.69) is 15.7 Å². The van der Waals surface area contributed by atoms with Crippen LogP contribution in [0.25, 0.3) is 0 Å². The number of amides is 2. The maximum atomic E-state index is 12.3. The van der Waals surface area contributed by atoms with Crippen LogP contribution in [-0.4, -0.2) is 21.6 Å². The predicted octanol–water partition coefficient (Wildman–Crippen LogP) is 2.67. The highest BCUT2D eigenvalue weighted by Gasteiger charge is 2.24. The molecule has 2 aromatic rings. The first-order valence-corrected chi connectivity index (χ1v) is 8.23. The van der Waals surface area contributed by atoms with Gasteiger partial charge in [0.05, 0.1) is 11.6 Å². The standard InChI is InChI=1S/C18H19N5O2/c1-23-16(21-17(24)13-4-2-3-5-13)10-15(22-23)18(25)20-14-8-6-12(11-19)7-9-14/h6-10,13H,2-5H2,1H3,(H,20,25)(H,21,24). The van der Waals surface area contributed by atoms with Crippen LogP contribution < -0.4 is 10.6 Å². The van der Waals surface area contributed by atoms with Crippen molar-refractivity contribution in [2.45, 2.75) is 25.7 Å². The summed E-state index contributed by atoms with van der Waals surface area (Å²) in [6.45, 7) is 0. The number of carbonyl (C=O) groups is 2. The molecular formula is C18H19N5O2. The number of benzene rings is 1. The largest absolute Gasteiger partial charge is 0.321 e. The minimum atomic E-state index is -0.373. The summed E-state index contributed by atoms with van der Waals surface area (Å²) in [6.07, 6.45) is 3.99. The first-order valence-electron chi connectivity index (χ1n) is 8.23. The molecule has 0 atom stereocenters. The second-order valence-corrected chi connectivity index (χ2v) is 6.15. The average Bonchev–Trinajstić information content (AvgIpc) is 3.26. The van der Waals surface area contributed by atoms with E-state index in [0.717, 1.165) is 25.7 Å². The van der Waals surface area contributed by atoms with Crippen molar-refractivity contribution < 1.29 is 9.59 Å². The van der Waals surface area contributed by atoms with Gasteiger partial charge in [-0.05, 0) is 37.1 Å². The van der Waals surface area contributed by atoms with Crippen molar-refractivity contribution >= 4 is 23.3 Å². The molecule has 0 radical (unpaired) electrons. The Hall–Kier alpha value is -3.14. The zero-order valence-electron chi connectivity index (χ0n) is 14.0. The number of aromatic nitrogens is 2. The number of carbonyl (C=O) groups excluding carboxylic acids is 2. The fraction of sp³-hybridized carbons (Fsp3) is 0.333. The van der Waals surface area contributed by atoms with E-state index < -0.39 is 0 Å². The lowest BCUT2D eigenvalue weighted by molar-refractivity contribution is -0.119. The van der Waals surface area contributed by atoms with Gasteiger partial charge in [-0.2, -0.15) is 10.4 Å². The number of hydrogen-bond acceptors (Lipinski definition) is 4. The fourth-order valence-corrected chi connectivity index (χ4v) is 2.93. The molecule has 25 heavy (non-hydrogen) atoms. The van der Waals surface area contributed by atoms with Crippen LogP contribution in [0.15, 0.2) is 30.3 Å². The van der Waals surface area contributed by atoms with Crippen LogP contribution in [0.3, 0.4) is 0 Å². The first kappa shape index (κ1) is 16.7. The van der Waals surface area contributed by atoms with Crippen LogP contribution >= 0.6 is 0 Å². The van der Waals surface area contributed by atoms with Gasteiger partial charge in [0.2, 0.25) is 5.91 Å². The minimum Gasteiger partial charge on any atom is -0.321 e. The van der Waals surface area contributed by atoms with Crippen molar-refractivity contribution in [3.63, 3.8) is 0 Å². The van der Waals surface area contributed by atoms with Gasteiger partial charge in [0.15, 0.2) is 5.69 Å². The number of nitrogens with zero attached hydrogens (tertiary/aromatic N) is 3. The van der Waals surface area contributed by atoms with Crippen molar-refractivity contribution in [1.29, 1.82) is 5.26 Å². The summed E-state index contributed by atoms with van der Waals surface area (Å²) < 4.78 is 1.49. The van der Waals surface area contributed by atoms with Gasteiger partial charge in [0.1, 0.15) is 5.82 Å². The van der Waals surface area contributed by atoms with Gasteiger partial charge in [-0.3, -0.25) is 14.3 Å². The Balaban J connectivity index is 1.67. The first-order chi connectivity index (χ1) is 12.1. The van der Waals surface area contributed by atoms with Gasteiger partial charge in [0.25, 0.3) is 5.91 Å². The maximum absolute atomic E-state index is 12.3. The molecule has 0 unspecified atom stereocenters. The lowest BCUT2D eigenvalue weighted by Gasteiger charge is -2.09. The molecule has 128 valence electrons. The molecule has 1 saturated carbocycles. The molecule has 0 spiro atoms. The van der Waals surface area contributed by atoms with Gasteiger partial charge >= 0.3 is 0 Å². The molecule has 1 heterocycles. The lowest BCUT2D eigenvalue weighted by atomic mass is 10.1. The molecule has 3 rings (SSSR count). The zero-order chi connectivity index (χ0) is 17.8. The van der Waals surface area contributed by atoms with E-state index in [-0.39, 0.29) is 23.4 Å². The number of rotatable bonds is 4. The summed E-state index contributed by atoms with van der Waals surface area (Å²) >= 11 is 0. The quantitative estimate of drug-likeness (QED) is 0.896. The summed E-state index contributed by atoms with van der Waals surface area (Å²) in [5, 5.41) is 18.5. The molecule has 1 fully saturated rings. The molecular weight excluding hydrogens is 318 g/mol. The second-order valence-electron chi connectivity index (χ2n) is 6.15. The Kier molecular flexibility index (Phi) is 4.80. The van der Waals surface area contributed by atoms with Gasteiger partial charge < -0.3 is 10.6 Å². The van der Waals surface area contributed by atoms with E-state index in [1.807, 2.05) is 6.07 Å². The summed E-state index contributed by atoms with van der Waals surface area (Å²) in [6, 6.07) is 10.1. The molecule has 7 heteroatoms. The van der Waals surface area contributed by atoms with Crippen LogP contribution in [0.2, 0.25) is 0 Å². The lowest BCUT2D eigenvalue weighted by Crippen LogP contribution is -2.21. The summed E-state index contributed by atoms with van der Waals surface area (Å²) in [5.74, 6) is 0.161. The van der Waals surface area contributed by atoms with Gasteiger partial charge in [-0.15, -0.1) is 0 Å². The van der Waals surface area contributed by atoms with Crippen LogP contribution in [0, 0.1) is 17.2 Å². The van der Waals surface area contributed by atoms with Crippen LogP contribution in [0.5, 0.6) is 0 Å². The van der Waals surface area contributed by atoms with E-state index in [1.54, 1.807) is 37.4 Å². The van der Waals surface area contributed by atoms with Crippen molar-refractivity contribution in [2.24, 2.45) is 13.0 Å². The molecule has 1 aromatic carbocycles. The third-order valence-electron chi connectivity index (χ3n) is 4.36. The average molecular weight is 337 g/mol. The summed E-state index contributed by atoms with van der Waals surface area (Å²) in [5.41, 5.74) is 1.31. The topological polar surface area (TPSA) is 99.8 Å². The highest BCUT2D eigenvalue weighted by molar-refractivity contribution is 6.04. The Bertz CT molecular complexity index is 826. The van der Waals surface area contributed by atoms with Crippen molar-refractivity contribution in [3.8, 4) is 6.07 Å². The molecule has 0 saturated heterocycles. The van der Waals surface area contributed by atoms with Crippen molar-refractivity contribution in [3.05, 3.63) is 41.6 Å². The van der Waals surface area contributed by atoms with E-state index in [0.29, 0.717) is 17.1 Å². The highest BCUT2D eigenvalue weighted by atomic mass is 16.2. The third-order valence-corrected chi connectivity index (χ3v) is 4.36. The smallest absolute Gasteiger partial charge is 0.276 e. The molecule has 1 aliphatic carbocycles. The molecule has 2 amide bonds. The number of aryl methyl sites for hydroxylation is 1. The van der Waals surface area contributed by atoms with Crippen LogP contribution in [0.1, 0.15) is 41.7 Å². The Morgan fingerprint density at radius 3 is 2.52 bits per heavy atom. The predicted molar refractivity (Wildman–Crippen MR) is 92.9 cm³/mol. The molecule has 7 nitrogen and oxygen atoms in total. The normalized spacial score (nSPS) is 14.1. The van der Waals surface area contributed by atoms with E-state index in [4.69, 9.17) is 5.26 Å². The van der Waals surface area contributed by atoms with Crippen molar-refractivity contribution in [1.82, 2.24) is 9.78 Å². The highest BCUT2D eigenvalue weighted by Crippen LogP contribution is 2.26. The van der Waals surface area contributed by atoms with Gasteiger partial charge in [-0.1, -0.05) is 12.8 Å². The molecule has 2 N–H and O–H groups in total. The van der Waals surface area contributed by atoms with Crippen molar-refractivity contribution in [2.75, 3.05) is 10.6 Å². The third kappa shape index (κ3) is 3.86. The fourth-order valence-electron chi connectivity index (χ4n) is 2.93. The summed E-state index contributed by atoms with van der Waals surface area (Å²) in [4.78, 5) is 24.5. The Morgan fingerprint density at radius 2 is 1.88 bits per heavy atom. The Morgan fingerprint density at radius 1 is 1.20 bits per heavy atom. The monoisotopic (exact) mass is 337 g/mol. The minimum absolute atomic E-state index is 0.0143. The number of nitrogens with one attached hydrogen (secondary N) is 2. The number of nitriles is 1. The van der Waals surface area contributed by atoms with Crippen LogP contribution in [0.4, 0.5) is 11.5 Å². The number of anilines is 2. The van der Waals surface area contributed by atoms with Crippen LogP contribution in [-0.2, 0) is 11.8 Å². The molecule has 1 aliphatic rings. The van der Waals surface area contributed by atoms with Gasteiger partial charge in [0, 0.05) is 24.7 Å². The van der Waals surface area contributed by atoms with E-state index in [9.17, 15) is 9.59 Å². The second kappa shape index (κ2) is 7.18. The number of hydrogen-bond donors (Lipinski definition) is 2. The SMILES string of the molecule is Cn1nc(C(=O)Nc2ccc(C#N)cc2)cc1NC(=O)C1CCCC1. The Labute approximate surface area is 145 Å².